The van der Waals surface area contributed by atoms with E-state index >= 15 is 0 Å². The molecule has 1 saturated heterocycles. The number of aryl methyl sites for hydroxylation is 1. The van der Waals surface area contributed by atoms with Gasteiger partial charge in [0, 0.05) is 29.2 Å². The lowest BCUT2D eigenvalue weighted by atomic mass is 9.85. The Morgan fingerprint density at radius 2 is 2.17 bits per heavy atom. The zero-order chi connectivity index (χ0) is 13.0. The van der Waals surface area contributed by atoms with Gasteiger partial charge in [-0.05, 0) is 31.4 Å². The van der Waals surface area contributed by atoms with Crippen LogP contribution in [0.4, 0.5) is 0 Å². The summed E-state index contributed by atoms with van der Waals surface area (Å²) in [5.41, 5.74) is -0.548. The van der Waals surface area contributed by atoms with E-state index in [9.17, 15) is 5.11 Å². The Labute approximate surface area is 114 Å². The molecule has 2 atom stereocenters. The minimum Gasteiger partial charge on any atom is -0.389 e. The first kappa shape index (κ1) is 14.0. The van der Waals surface area contributed by atoms with Gasteiger partial charge in [0.25, 0.3) is 0 Å². The van der Waals surface area contributed by atoms with Crippen LogP contribution in [0.25, 0.3) is 0 Å². The van der Waals surface area contributed by atoms with Crippen LogP contribution >= 0.6 is 11.3 Å². The molecule has 0 amide bonds. The molecule has 2 unspecified atom stereocenters. The van der Waals surface area contributed by atoms with Crippen molar-refractivity contribution in [3.8, 4) is 0 Å². The topological polar surface area (TPSA) is 29.5 Å². The van der Waals surface area contributed by atoms with Crippen LogP contribution in [0, 0.1) is 0 Å². The van der Waals surface area contributed by atoms with E-state index in [1.807, 2.05) is 11.3 Å². The van der Waals surface area contributed by atoms with Crippen molar-refractivity contribution in [3.63, 3.8) is 0 Å². The summed E-state index contributed by atoms with van der Waals surface area (Å²) in [6.07, 6.45) is 5.88. The average molecular weight is 268 g/mol. The van der Waals surface area contributed by atoms with Crippen LogP contribution < -0.4 is 0 Å². The van der Waals surface area contributed by atoms with E-state index in [4.69, 9.17) is 4.74 Å². The molecule has 1 N–H and O–H groups in total. The second-order valence-corrected chi connectivity index (χ2v) is 6.61. The summed E-state index contributed by atoms with van der Waals surface area (Å²) in [5.74, 6) is 0. The van der Waals surface area contributed by atoms with Gasteiger partial charge in [0.1, 0.15) is 0 Å². The van der Waals surface area contributed by atoms with Gasteiger partial charge in [-0.1, -0.05) is 20.3 Å². The molecule has 1 aliphatic rings. The summed E-state index contributed by atoms with van der Waals surface area (Å²) in [7, 11) is 0. The highest BCUT2D eigenvalue weighted by molar-refractivity contribution is 7.12. The van der Waals surface area contributed by atoms with Crippen LogP contribution in [-0.4, -0.2) is 23.4 Å². The molecule has 0 aliphatic carbocycles. The molecule has 1 fully saturated rings. The molecule has 0 spiro atoms. The zero-order valence-corrected chi connectivity index (χ0v) is 12.3. The summed E-state index contributed by atoms with van der Waals surface area (Å²) in [6, 6.07) is 4.36. The third-order valence-electron chi connectivity index (χ3n) is 3.71. The van der Waals surface area contributed by atoms with Crippen LogP contribution in [-0.2, 0) is 17.6 Å². The molecule has 2 rings (SSSR count). The lowest BCUT2D eigenvalue weighted by molar-refractivity contribution is -0.104. The number of hydrogen-bond acceptors (Lipinski definition) is 3. The fraction of sp³-hybridized carbons (Fsp3) is 0.733. The van der Waals surface area contributed by atoms with Crippen LogP contribution in [0.5, 0.6) is 0 Å². The van der Waals surface area contributed by atoms with Crippen LogP contribution in [0.1, 0.15) is 49.3 Å². The quantitative estimate of drug-likeness (QED) is 0.884. The second kappa shape index (κ2) is 6.18. The lowest BCUT2D eigenvalue weighted by Crippen LogP contribution is -2.42. The first-order valence-electron chi connectivity index (χ1n) is 7.07. The van der Waals surface area contributed by atoms with E-state index in [1.165, 1.54) is 9.75 Å². The molecule has 2 nitrogen and oxygen atoms in total. The number of hydrogen-bond donors (Lipinski definition) is 1. The van der Waals surface area contributed by atoms with E-state index in [2.05, 4.69) is 26.0 Å². The molecule has 0 radical (unpaired) electrons. The van der Waals surface area contributed by atoms with Crippen LogP contribution in [0.3, 0.4) is 0 Å². The Morgan fingerprint density at radius 3 is 2.83 bits per heavy atom. The molecule has 1 aliphatic heterocycles. The Kier molecular flexibility index (Phi) is 4.82. The van der Waals surface area contributed by atoms with Gasteiger partial charge in [-0.25, -0.2) is 0 Å². The van der Waals surface area contributed by atoms with Gasteiger partial charge in [0.2, 0.25) is 0 Å². The van der Waals surface area contributed by atoms with Gasteiger partial charge in [-0.2, -0.15) is 0 Å². The van der Waals surface area contributed by atoms with Gasteiger partial charge in [0.05, 0.1) is 11.7 Å². The van der Waals surface area contributed by atoms with Crippen LogP contribution in [0.2, 0.25) is 0 Å². The monoisotopic (exact) mass is 268 g/mol. The summed E-state index contributed by atoms with van der Waals surface area (Å²) >= 11 is 1.84. The zero-order valence-electron chi connectivity index (χ0n) is 11.4. The molecule has 0 aromatic carbocycles. The van der Waals surface area contributed by atoms with Crippen molar-refractivity contribution in [3.05, 3.63) is 21.9 Å². The van der Waals surface area contributed by atoms with Gasteiger partial charge in [-0.3, -0.25) is 0 Å². The predicted molar refractivity (Wildman–Crippen MR) is 76.2 cm³/mol. The summed E-state index contributed by atoms with van der Waals surface area (Å²) in [6.45, 7) is 5.05. The van der Waals surface area contributed by atoms with Crippen molar-refractivity contribution in [2.75, 3.05) is 6.61 Å². The highest BCUT2D eigenvalue weighted by atomic mass is 32.1. The normalized spacial score (nSPS) is 28.5. The van der Waals surface area contributed by atoms with E-state index in [0.717, 1.165) is 38.5 Å². The second-order valence-electron chi connectivity index (χ2n) is 5.36. The van der Waals surface area contributed by atoms with Crippen molar-refractivity contribution >= 4 is 11.3 Å². The van der Waals surface area contributed by atoms with Gasteiger partial charge in [0.15, 0.2) is 0 Å². The van der Waals surface area contributed by atoms with E-state index in [1.54, 1.807) is 0 Å². The van der Waals surface area contributed by atoms with Crippen molar-refractivity contribution in [2.45, 2.75) is 64.1 Å². The summed E-state index contributed by atoms with van der Waals surface area (Å²) in [4.78, 5) is 2.72. The minimum atomic E-state index is -0.548. The summed E-state index contributed by atoms with van der Waals surface area (Å²) in [5, 5.41) is 10.7. The minimum absolute atomic E-state index is 0.249. The predicted octanol–water partition coefficient (Wildman–Crippen LogP) is 3.56. The maximum Gasteiger partial charge on any atom is 0.0742 e. The van der Waals surface area contributed by atoms with Gasteiger partial charge in [-0.15, -0.1) is 11.3 Å². The van der Waals surface area contributed by atoms with Crippen molar-refractivity contribution in [1.29, 1.82) is 0 Å². The molecule has 1 aromatic rings. The molecule has 2 heterocycles. The van der Waals surface area contributed by atoms with E-state index in [-0.39, 0.29) is 6.10 Å². The fourth-order valence-electron chi connectivity index (χ4n) is 2.70. The fourth-order valence-corrected chi connectivity index (χ4v) is 3.79. The number of aliphatic hydroxyl groups is 1. The first-order chi connectivity index (χ1) is 8.65. The molecule has 1 aromatic heterocycles. The van der Waals surface area contributed by atoms with Crippen molar-refractivity contribution < 1.29 is 9.84 Å². The Balaban J connectivity index is 1.97. The van der Waals surface area contributed by atoms with Crippen molar-refractivity contribution in [1.82, 2.24) is 0 Å². The standard InChI is InChI=1S/C15H24O2S/c1-3-5-12-10-15(16,8-9-17-12)11-14-7-6-13(4-2)18-14/h6-7,12,16H,3-5,8-11H2,1-2H3. The van der Waals surface area contributed by atoms with Crippen LogP contribution in [0.15, 0.2) is 12.1 Å². The summed E-state index contributed by atoms with van der Waals surface area (Å²) < 4.78 is 5.72. The molecule has 102 valence electrons. The van der Waals surface area contributed by atoms with Crippen molar-refractivity contribution in [2.24, 2.45) is 0 Å². The first-order valence-corrected chi connectivity index (χ1v) is 7.88. The highest BCUT2D eigenvalue weighted by Crippen LogP contribution is 2.32. The van der Waals surface area contributed by atoms with Gasteiger partial charge >= 0.3 is 0 Å². The Bertz CT molecular complexity index is 372. The molecular formula is C15H24O2S. The molecule has 3 heteroatoms. The molecule has 0 bridgehead atoms. The molecule has 0 saturated carbocycles. The lowest BCUT2D eigenvalue weighted by Gasteiger charge is -2.36. The van der Waals surface area contributed by atoms with Gasteiger partial charge < -0.3 is 9.84 Å². The van der Waals surface area contributed by atoms with E-state index in [0.29, 0.717) is 6.61 Å². The average Bonchev–Trinajstić information content (AvgIpc) is 2.76. The SMILES string of the molecule is CCCC1CC(O)(Cc2ccc(CC)s2)CCO1. The molecule has 18 heavy (non-hydrogen) atoms. The largest absolute Gasteiger partial charge is 0.389 e. The third kappa shape index (κ3) is 3.56. The molecular weight excluding hydrogens is 244 g/mol. The number of ether oxygens (including phenoxy) is 1. The van der Waals surface area contributed by atoms with E-state index < -0.39 is 5.60 Å². The Hall–Kier alpha value is -0.380. The Morgan fingerprint density at radius 1 is 1.39 bits per heavy atom. The highest BCUT2D eigenvalue weighted by Gasteiger charge is 2.35. The number of rotatable bonds is 5. The maximum atomic E-state index is 10.7. The maximum absolute atomic E-state index is 10.7. The third-order valence-corrected chi connectivity index (χ3v) is 4.94. The number of thiophene rings is 1. The smallest absolute Gasteiger partial charge is 0.0742 e.